The van der Waals surface area contributed by atoms with Crippen molar-refractivity contribution >= 4 is 17.3 Å². The summed E-state index contributed by atoms with van der Waals surface area (Å²) in [5, 5.41) is 8.93. The first-order valence-corrected chi connectivity index (χ1v) is 6.41. The Morgan fingerprint density at radius 2 is 2.00 bits per heavy atom. The van der Waals surface area contributed by atoms with Crippen LogP contribution in [0.15, 0.2) is 42.5 Å². The van der Waals surface area contributed by atoms with E-state index in [1.165, 1.54) is 0 Å². The number of nitrogens with zero attached hydrogens (tertiary/aromatic N) is 2. The number of rotatable bonds is 4. The van der Waals surface area contributed by atoms with Gasteiger partial charge in [0.1, 0.15) is 0 Å². The number of carbonyl (C=O) groups is 1. The minimum Gasteiger partial charge on any atom is -0.397 e. The minimum atomic E-state index is -0.519. The average Bonchev–Trinajstić information content (AvgIpc) is 2.46. The SMILES string of the molecule is CN(Cc1cccc(C#N)c1)c1c(N)cccc1C(N)=O. The van der Waals surface area contributed by atoms with Crippen molar-refractivity contribution in [3.05, 3.63) is 59.2 Å². The number of amides is 1. The molecule has 2 rings (SSSR count). The number of carbonyl (C=O) groups excluding carboxylic acids is 1. The van der Waals surface area contributed by atoms with Gasteiger partial charge in [-0.05, 0) is 29.8 Å². The number of hydrogen-bond acceptors (Lipinski definition) is 4. The molecule has 1 amide bonds. The number of nitrogen functional groups attached to an aromatic ring is 1. The predicted octanol–water partition coefficient (Wildman–Crippen LogP) is 1.88. The second-order valence-electron chi connectivity index (χ2n) is 4.78. The van der Waals surface area contributed by atoms with Gasteiger partial charge in [-0.25, -0.2) is 0 Å². The van der Waals surface area contributed by atoms with Crippen molar-refractivity contribution in [2.45, 2.75) is 6.54 Å². The third-order valence-corrected chi connectivity index (χ3v) is 3.19. The van der Waals surface area contributed by atoms with E-state index in [1.807, 2.05) is 24.1 Å². The topological polar surface area (TPSA) is 96.1 Å². The largest absolute Gasteiger partial charge is 0.397 e. The van der Waals surface area contributed by atoms with Crippen molar-refractivity contribution in [1.82, 2.24) is 0 Å². The lowest BCUT2D eigenvalue weighted by Crippen LogP contribution is -2.23. The fourth-order valence-electron chi connectivity index (χ4n) is 2.28. The first kappa shape index (κ1) is 14.4. The normalized spacial score (nSPS) is 9.90. The highest BCUT2D eigenvalue weighted by atomic mass is 16.1. The van der Waals surface area contributed by atoms with Crippen LogP contribution in [0, 0.1) is 11.3 Å². The van der Waals surface area contributed by atoms with Gasteiger partial charge in [-0.2, -0.15) is 5.26 Å². The summed E-state index contributed by atoms with van der Waals surface area (Å²) in [7, 11) is 1.83. The molecule has 5 heteroatoms. The maximum absolute atomic E-state index is 11.5. The average molecular weight is 280 g/mol. The highest BCUT2D eigenvalue weighted by Crippen LogP contribution is 2.28. The first-order chi connectivity index (χ1) is 10.0. The molecule has 0 bridgehead atoms. The molecular weight excluding hydrogens is 264 g/mol. The lowest BCUT2D eigenvalue weighted by atomic mass is 10.1. The molecule has 2 aromatic rings. The minimum absolute atomic E-state index is 0.383. The Morgan fingerprint density at radius 1 is 1.29 bits per heavy atom. The summed E-state index contributed by atoms with van der Waals surface area (Å²) >= 11 is 0. The van der Waals surface area contributed by atoms with E-state index in [0.29, 0.717) is 29.0 Å². The molecule has 0 aliphatic rings. The predicted molar refractivity (Wildman–Crippen MR) is 82.6 cm³/mol. The highest BCUT2D eigenvalue weighted by Gasteiger charge is 2.15. The number of para-hydroxylation sites is 1. The Morgan fingerprint density at radius 3 is 2.67 bits per heavy atom. The summed E-state index contributed by atoms with van der Waals surface area (Å²) in [6.07, 6.45) is 0. The molecule has 0 radical (unpaired) electrons. The van der Waals surface area contributed by atoms with Crippen LogP contribution >= 0.6 is 0 Å². The second-order valence-corrected chi connectivity index (χ2v) is 4.78. The van der Waals surface area contributed by atoms with Gasteiger partial charge in [0.15, 0.2) is 0 Å². The van der Waals surface area contributed by atoms with Gasteiger partial charge >= 0.3 is 0 Å². The fraction of sp³-hybridized carbons (Fsp3) is 0.125. The second kappa shape index (κ2) is 5.97. The van der Waals surface area contributed by atoms with Crippen molar-refractivity contribution in [3.8, 4) is 6.07 Å². The van der Waals surface area contributed by atoms with Gasteiger partial charge in [-0.1, -0.05) is 18.2 Å². The molecule has 0 unspecified atom stereocenters. The van der Waals surface area contributed by atoms with E-state index >= 15 is 0 Å². The van der Waals surface area contributed by atoms with Gasteiger partial charge in [-0.3, -0.25) is 4.79 Å². The third-order valence-electron chi connectivity index (χ3n) is 3.19. The van der Waals surface area contributed by atoms with Gasteiger partial charge in [0, 0.05) is 13.6 Å². The summed E-state index contributed by atoms with van der Waals surface area (Å²) in [6.45, 7) is 0.518. The Balaban J connectivity index is 2.34. The maximum Gasteiger partial charge on any atom is 0.250 e. The summed E-state index contributed by atoms with van der Waals surface area (Å²) < 4.78 is 0. The zero-order chi connectivity index (χ0) is 15.4. The van der Waals surface area contributed by atoms with E-state index in [1.54, 1.807) is 30.3 Å². The number of anilines is 2. The van der Waals surface area contributed by atoms with Crippen molar-refractivity contribution in [1.29, 1.82) is 5.26 Å². The van der Waals surface area contributed by atoms with E-state index in [0.717, 1.165) is 5.56 Å². The van der Waals surface area contributed by atoms with Crippen LogP contribution in [0.4, 0.5) is 11.4 Å². The van der Waals surface area contributed by atoms with Crippen LogP contribution in [0.3, 0.4) is 0 Å². The molecule has 2 aromatic carbocycles. The number of primary amides is 1. The van der Waals surface area contributed by atoms with E-state index in [9.17, 15) is 4.79 Å². The molecule has 106 valence electrons. The Hall–Kier alpha value is -3.00. The Bertz CT molecular complexity index is 718. The van der Waals surface area contributed by atoms with E-state index in [2.05, 4.69) is 6.07 Å². The van der Waals surface area contributed by atoms with Crippen LogP contribution in [0.2, 0.25) is 0 Å². The summed E-state index contributed by atoms with van der Waals surface area (Å²) in [5.74, 6) is -0.519. The van der Waals surface area contributed by atoms with Gasteiger partial charge in [0.2, 0.25) is 0 Å². The molecular formula is C16H16N4O. The van der Waals surface area contributed by atoms with Gasteiger partial charge < -0.3 is 16.4 Å². The number of nitrogens with two attached hydrogens (primary N) is 2. The third kappa shape index (κ3) is 3.12. The lowest BCUT2D eigenvalue weighted by molar-refractivity contribution is 0.100. The molecule has 0 aliphatic carbocycles. The van der Waals surface area contributed by atoms with Crippen molar-refractivity contribution in [3.63, 3.8) is 0 Å². The van der Waals surface area contributed by atoms with Crippen molar-refractivity contribution in [2.24, 2.45) is 5.73 Å². The Labute approximate surface area is 123 Å². The molecule has 5 nitrogen and oxygen atoms in total. The van der Waals surface area contributed by atoms with Crippen LogP contribution in [0.1, 0.15) is 21.5 Å². The van der Waals surface area contributed by atoms with Crippen LogP contribution in [-0.4, -0.2) is 13.0 Å². The summed E-state index contributed by atoms with van der Waals surface area (Å²) in [4.78, 5) is 13.4. The van der Waals surface area contributed by atoms with Gasteiger partial charge in [-0.15, -0.1) is 0 Å². The number of hydrogen-bond donors (Lipinski definition) is 2. The molecule has 4 N–H and O–H groups in total. The lowest BCUT2D eigenvalue weighted by Gasteiger charge is -2.23. The van der Waals surface area contributed by atoms with Crippen molar-refractivity contribution < 1.29 is 4.79 Å². The monoisotopic (exact) mass is 280 g/mol. The highest BCUT2D eigenvalue weighted by molar-refractivity contribution is 6.01. The molecule has 0 saturated heterocycles. The smallest absolute Gasteiger partial charge is 0.250 e. The standard InChI is InChI=1S/C16H16N4O/c1-20(10-12-5-2-4-11(8-12)9-17)15-13(16(19)21)6-3-7-14(15)18/h2-8H,10,18H2,1H3,(H2,19,21). The summed E-state index contributed by atoms with van der Waals surface area (Å²) in [5.41, 5.74) is 14.4. The number of benzene rings is 2. The fourth-order valence-corrected chi connectivity index (χ4v) is 2.28. The van der Waals surface area contributed by atoms with Gasteiger partial charge in [0.05, 0.1) is 28.6 Å². The first-order valence-electron chi connectivity index (χ1n) is 6.41. The molecule has 0 fully saturated rings. The van der Waals surface area contributed by atoms with Crippen LogP contribution < -0.4 is 16.4 Å². The number of nitriles is 1. The van der Waals surface area contributed by atoms with Crippen LogP contribution in [0.5, 0.6) is 0 Å². The molecule has 0 saturated carbocycles. The molecule has 0 aliphatic heterocycles. The van der Waals surface area contributed by atoms with Crippen molar-refractivity contribution in [2.75, 3.05) is 17.7 Å². The quantitative estimate of drug-likeness (QED) is 0.836. The molecule has 21 heavy (non-hydrogen) atoms. The zero-order valence-electron chi connectivity index (χ0n) is 11.7. The summed E-state index contributed by atoms with van der Waals surface area (Å²) in [6, 6.07) is 14.5. The van der Waals surface area contributed by atoms with Crippen LogP contribution in [0.25, 0.3) is 0 Å². The molecule has 0 aromatic heterocycles. The molecule has 0 spiro atoms. The molecule has 0 heterocycles. The van der Waals surface area contributed by atoms with E-state index in [4.69, 9.17) is 16.7 Å². The van der Waals surface area contributed by atoms with E-state index < -0.39 is 5.91 Å². The zero-order valence-corrected chi connectivity index (χ0v) is 11.7. The van der Waals surface area contributed by atoms with Gasteiger partial charge in [0.25, 0.3) is 5.91 Å². The molecule has 0 atom stereocenters. The van der Waals surface area contributed by atoms with E-state index in [-0.39, 0.29) is 0 Å². The van der Waals surface area contributed by atoms with Crippen LogP contribution in [-0.2, 0) is 6.54 Å². The maximum atomic E-state index is 11.5. The Kier molecular flexibility index (Phi) is 4.10.